The van der Waals surface area contributed by atoms with Crippen molar-refractivity contribution >= 4 is 66.9 Å². The van der Waals surface area contributed by atoms with Gasteiger partial charge in [-0.1, -0.05) is 56.1 Å². The highest BCUT2D eigenvalue weighted by molar-refractivity contribution is 9.10. The van der Waals surface area contributed by atoms with Crippen molar-refractivity contribution in [2.24, 2.45) is 0 Å². The van der Waals surface area contributed by atoms with Crippen LogP contribution in [-0.2, 0) is 16.1 Å². The summed E-state index contributed by atoms with van der Waals surface area (Å²) < 4.78 is 4.22. The normalized spacial score (nSPS) is 28.1. The lowest BCUT2D eigenvalue weighted by atomic mass is 9.64. The van der Waals surface area contributed by atoms with Gasteiger partial charge < -0.3 is 5.11 Å². The molecule has 6 rings (SSSR count). The summed E-state index contributed by atoms with van der Waals surface area (Å²) >= 11 is 20.8. The van der Waals surface area contributed by atoms with Crippen molar-refractivity contribution in [3.05, 3.63) is 91.2 Å². The molecule has 2 aliphatic heterocycles. The van der Waals surface area contributed by atoms with Crippen LogP contribution in [-0.4, -0.2) is 51.0 Å². The molecule has 3 aliphatic rings. The van der Waals surface area contributed by atoms with Crippen LogP contribution in [0, 0.1) is 0 Å². The molecule has 1 saturated carbocycles. The maximum atomic E-state index is 13.8. The Labute approximate surface area is 242 Å². The van der Waals surface area contributed by atoms with Gasteiger partial charge in [-0.15, -0.1) is 23.2 Å². The molecule has 1 N–H and O–H groups in total. The molecule has 0 radical (unpaired) electrons. The van der Waals surface area contributed by atoms with E-state index in [2.05, 4.69) is 31.9 Å². The van der Waals surface area contributed by atoms with Crippen molar-refractivity contribution in [3.8, 4) is 11.4 Å². The van der Waals surface area contributed by atoms with E-state index in [1.165, 1.54) is 15.4 Å². The fourth-order valence-corrected chi connectivity index (χ4v) is 7.69. The summed E-state index contributed by atoms with van der Waals surface area (Å²) in [6.45, 7) is 0.0115. The van der Waals surface area contributed by atoms with Crippen LogP contribution in [0.3, 0.4) is 0 Å². The molecule has 0 bridgehead atoms. The van der Waals surface area contributed by atoms with Crippen LogP contribution < -0.4 is 11.4 Å². The molecule has 2 aromatic carbocycles. The number of carbonyl (C=O) groups is 2. The number of imide groups is 1. The smallest absolute Gasteiger partial charge is 0.352 e. The minimum absolute atomic E-state index is 0.0115. The number of hydrogen-bond donors (Lipinski definition) is 1. The number of halogens is 4. The Balaban J connectivity index is 1.64. The number of alkyl halides is 3. The summed E-state index contributed by atoms with van der Waals surface area (Å²) in [5.41, 5.74) is -0.149. The molecule has 1 aromatic heterocycles. The van der Waals surface area contributed by atoms with Gasteiger partial charge in [-0.05, 0) is 35.9 Å². The van der Waals surface area contributed by atoms with Crippen molar-refractivity contribution in [3.63, 3.8) is 0 Å². The van der Waals surface area contributed by atoms with Gasteiger partial charge in [0.05, 0.1) is 23.7 Å². The second kappa shape index (κ2) is 8.70. The number of phenolic OH excluding ortho intramolecular Hbond substituents is 1. The second-order valence-corrected chi connectivity index (χ2v) is 12.1. The van der Waals surface area contributed by atoms with Crippen LogP contribution in [0.15, 0.2) is 74.2 Å². The molecule has 2 fully saturated rings. The van der Waals surface area contributed by atoms with Gasteiger partial charge in [0.1, 0.15) is 5.75 Å². The van der Waals surface area contributed by atoms with Gasteiger partial charge in [0.15, 0.2) is 9.75 Å². The van der Waals surface area contributed by atoms with Crippen molar-refractivity contribution in [2.75, 3.05) is 5.45 Å². The SMILES string of the molecule is O=C1N(CBr)C(=O)C2(Cl)C(c3cc(Br)ccc3O)C3=CCn4c(=O)n(-c5ccccc5)c(=O)n4C3CC12Cl. The molecule has 1 saturated heterocycles. The molecule has 38 heavy (non-hydrogen) atoms. The standard InChI is InChI=1S/C25H18Br2Cl2N4O5/c26-12-30-20(35)24(28)11-17-15(19(25(24,29)21(30)36)16-10-13(27)6-7-18(16)34)8-9-31-22(37)32(23(38)33(17)31)14-4-2-1-3-5-14/h1-8,10,17,19,34H,9,11-12H2. The fraction of sp³-hybridized carbons (Fsp3) is 0.280. The molecule has 3 heterocycles. The van der Waals surface area contributed by atoms with E-state index in [0.29, 0.717) is 15.7 Å². The molecular weight excluding hydrogens is 667 g/mol. The van der Waals surface area contributed by atoms with E-state index in [9.17, 15) is 24.3 Å². The van der Waals surface area contributed by atoms with Gasteiger partial charge in [0.25, 0.3) is 11.8 Å². The zero-order chi connectivity index (χ0) is 27.1. The predicted octanol–water partition coefficient (Wildman–Crippen LogP) is 3.61. The molecule has 196 valence electrons. The molecule has 1 aliphatic carbocycles. The topological polar surface area (TPSA) is 107 Å². The number of aromatic hydroxyl groups is 1. The Morgan fingerprint density at radius 3 is 2.39 bits per heavy atom. The lowest BCUT2D eigenvalue weighted by molar-refractivity contribution is -0.138. The van der Waals surface area contributed by atoms with E-state index in [4.69, 9.17) is 23.2 Å². The molecule has 13 heteroatoms. The number of benzene rings is 2. The second-order valence-electron chi connectivity index (χ2n) is 9.39. The number of rotatable bonds is 3. The van der Waals surface area contributed by atoms with Crippen molar-refractivity contribution in [1.82, 2.24) is 18.8 Å². The summed E-state index contributed by atoms with van der Waals surface area (Å²) in [5.74, 6) is -2.68. The summed E-state index contributed by atoms with van der Waals surface area (Å²) in [6, 6.07) is 12.3. The highest BCUT2D eigenvalue weighted by Gasteiger charge is 2.75. The average Bonchev–Trinajstić information content (AvgIpc) is 3.24. The van der Waals surface area contributed by atoms with E-state index in [0.717, 1.165) is 9.47 Å². The highest BCUT2D eigenvalue weighted by Crippen LogP contribution is 2.64. The largest absolute Gasteiger partial charge is 0.508 e. The fourth-order valence-electron chi connectivity index (χ4n) is 5.92. The molecule has 4 unspecified atom stereocenters. The van der Waals surface area contributed by atoms with E-state index in [1.54, 1.807) is 48.5 Å². The Kier molecular flexibility index (Phi) is 5.88. The van der Waals surface area contributed by atoms with Crippen molar-refractivity contribution in [1.29, 1.82) is 0 Å². The van der Waals surface area contributed by atoms with Crippen LogP contribution >= 0.6 is 55.1 Å². The number of fused-ring (bicyclic) bond motifs is 4. The number of hydrogen-bond acceptors (Lipinski definition) is 5. The first-order valence-corrected chi connectivity index (χ1v) is 14.2. The first-order valence-electron chi connectivity index (χ1n) is 11.5. The molecule has 4 atom stereocenters. The van der Waals surface area contributed by atoms with Crippen molar-refractivity contribution in [2.45, 2.75) is 34.7 Å². The first kappa shape index (κ1) is 25.7. The lowest BCUT2D eigenvalue weighted by Crippen LogP contribution is -2.59. The Morgan fingerprint density at radius 1 is 1.00 bits per heavy atom. The van der Waals surface area contributed by atoms with Gasteiger partial charge in [0.2, 0.25) is 0 Å². The van der Waals surface area contributed by atoms with E-state index in [-0.39, 0.29) is 29.7 Å². The zero-order valence-corrected chi connectivity index (χ0v) is 24.0. The zero-order valence-electron chi connectivity index (χ0n) is 19.4. The Morgan fingerprint density at radius 2 is 1.71 bits per heavy atom. The summed E-state index contributed by atoms with van der Waals surface area (Å²) in [5, 5.41) is 10.9. The van der Waals surface area contributed by atoms with Gasteiger partial charge in [-0.3, -0.25) is 14.5 Å². The summed E-state index contributed by atoms with van der Waals surface area (Å²) in [4.78, 5) is 51.4. The lowest BCUT2D eigenvalue weighted by Gasteiger charge is -2.49. The molecule has 9 nitrogen and oxygen atoms in total. The monoisotopic (exact) mass is 682 g/mol. The average molecular weight is 685 g/mol. The number of para-hydroxylation sites is 1. The third-order valence-corrected chi connectivity index (χ3v) is 10.0. The van der Waals surface area contributed by atoms with Gasteiger partial charge in [-0.25, -0.2) is 23.5 Å². The number of allylic oxidation sites excluding steroid dienone is 2. The minimum Gasteiger partial charge on any atom is -0.508 e. The van der Waals surface area contributed by atoms with Gasteiger partial charge in [0, 0.05) is 22.4 Å². The van der Waals surface area contributed by atoms with Crippen LogP contribution in [0.5, 0.6) is 5.75 Å². The summed E-state index contributed by atoms with van der Waals surface area (Å²) in [7, 11) is 0. The third-order valence-electron chi connectivity index (χ3n) is 7.60. The molecular formula is C25H18Br2Cl2N4O5. The number of phenols is 1. The predicted molar refractivity (Wildman–Crippen MR) is 147 cm³/mol. The summed E-state index contributed by atoms with van der Waals surface area (Å²) in [6.07, 6.45) is 1.50. The van der Waals surface area contributed by atoms with Crippen LogP contribution in [0.1, 0.15) is 23.9 Å². The Hall–Kier alpha value is -2.60. The number of aromatic nitrogens is 3. The number of amides is 2. The van der Waals surface area contributed by atoms with Crippen LogP contribution in [0.2, 0.25) is 0 Å². The quantitative estimate of drug-likeness (QED) is 0.197. The maximum Gasteiger partial charge on any atom is 0.352 e. The maximum absolute atomic E-state index is 13.8. The molecule has 3 aromatic rings. The number of likely N-dealkylation sites (tertiary alicyclic amines) is 1. The third kappa shape index (κ3) is 3.16. The van der Waals surface area contributed by atoms with Crippen LogP contribution in [0.25, 0.3) is 5.69 Å². The minimum atomic E-state index is -2.01. The highest BCUT2D eigenvalue weighted by atomic mass is 79.9. The van der Waals surface area contributed by atoms with E-state index in [1.807, 2.05) is 0 Å². The molecule has 2 amide bonds. The molecule has 0 spiro atoms. The van der Waals surface area contributed by atoms with E-state index < -0.39 is 44.9 Å². The van der Waals surface area contributed by atoms with Gasteiger partial charge >= 0.3 is 11.4 Å². The number of nitrogens with zero attached hydrogens (tertiary/aromatic N) is 4. The number of carbonyl (C=O) groups excluding carboxylic acids is 2. The Bertz CT molecular complexity index is 1680. The first-order chi connectivity index (χ1) is 18.1. The van der Waals surface area contributed by atoms with Crippen molar-refractivity contribution < 1.29 is 14.7 Å². The van der Waals surface area contributed by atoms with E-state index >= 15 is 0 Å². The van der Waals surface area contributed by atoms with Gasteiger partial charge in [-0.2, -0.15) is 0 Å². The van der Waals surface area contributed by atoms with Crippen LogP contribution in [0.4, 0.5) is 0 Å².